The number of hydrogen-bond donors (Lipinski definition) is 1. The molecule has 0 saturated heterocycles. The summed E-state index contributed by atoms with van der Waals surface area (Å²) in [6.07, 6.45) is 0. The molecule has 4 heteroatoms. The fourth-order valence-corrected chi connectivity index (χ4v) is 2.71. The number of nitrogens with one attached hydrogen (secondary N) is 1. The van der Waals surface area contributed by atoms with E-state index in [2.05, 4.69) is 25.2 Å². The predicted octanol–water partition coefficient (Wildman–Crippen LogP) is 4.67. The Morgan fingerprint density at radius 3 is 2.35 bits per heavy atom. The van der Waals surface area contributed by atoms with Gasteiger partial charge in [0, 0.05) is 17.7 Å². The molecule has 26 heavy (non-hydrogen) atoms. The van der Waals surface area contributed by atoms with Gasteiger partial charge in [-0.15, -0.1) is 0 Å². The summed E-state index contributed by atoms with van der Waals surface area (Å²) in [4.78, 5) is 12.3. The molecule has 0 unspecified atom stereocenters. The summed E-state index contributed by atoms with van der Waals surface area (Å²) in [5.74, 6) is 1.90. The van der Waals surface area contributed by atoms with Crippen molar-refractivity contribution in [3.63, 3.8) is 0 Å². The zero-order chi connectivity index (χ0) is 19.1. The Bertz CT molecular complexity index is 733. The zero-order valence-electron chi connectivity index (χ0n) is 16.4. The van der Waals surface area contributed by atoms with Crippen LogP contribution in [0.1, 0.15) is 47.8 Å². The van der Waals surface area contributed by atoms with Crippen molar-refractivity contribution in [2.24, 2.45) is 5.92 Å². The molecule has 2 rings (SSSR count). The van der Waals surface area contributed by atoms with Crippen molar-refractivity contribution < 1.29 is 14.3 Å². The number of carbonyl (C=O) groups is 1. The molecule has 0 aliphatic carbocycles. The van der Waals surface area contributed by atoms with Gasteiger partial charge in [0.25, 0.3) is 5.91 Å². The Balaban J connectivity index is 2.17. The summed E-state index contributed by atoms with van der Waals surface area (Å²) in [5.41, 5.74) is 3.80. The van der Waals surface area contributed by atoms with Crippen molar-refractivity contribution in [1.29, 1.82) is 0 Å². The monoisotopic (exact) mass is 355 g/mol. The van der Waals surface area contributed by atoms with E-state index in [-0.39, 0.29) is 5.91 Å². The van der Waals surface area contributed by atoms with Gasteiger partial charge in [0.2, 0.25) is 0 Å². The number of rotatable bonds is 8. The van der Waals surface area contributed by atoms with Crippen LogP contribution in [-0.4, -0.2) is 19.1 Å². The third-order valence-electron chi connectivity index (χ3n) is 3.88. The van der Waals surface area contributed by atoms with E-state index in [1.54, 1.807) is 6.07 Å². The first-order valence-corrected chi connectivity index (χ1v) is 9.14. The molecule has 2 aromatic rings. The fraction of sp³-hybridized carbons (Fsp3) is 0.409. The van der Waals surface area contributed by atoms with Crippen molar-refractivity contribution in [3.8, 4) is 11.5 Å². The van der Waals surface area contributed by atoms with Gasteiger partial charge in [-0.1, -0.05) is 19.9 Å². The lowest BCUT2D eigenvalue weighted by atomic mass is 10.1. The summed E-state index contributed by atoms with van der Waals surface area (Å²) in [5, 5.41) is 2.95. The van der Waals surface area contributed by atoms with Crippen LogP contribution < -0.4 is 14.8 Å². The third kappa shape index (κ3) is 5.80. The van der Waals surface area contributed by atoms with Gasteiger partial charge in [-0.3, -0.25) is 4.79 Å². The second-order valence-electron chi connectivity index (χ2n) is 6.97. The summed E-state index contributed by atoms with van der Waals surface area (Å²) >= 11 is 0. The number of ether oxygens (including phenoxy) is 2. The topological polar surface area (TPSA) is 47.6 Å². The molecule has 0 radical (unpaired) electrons. The number of aryl methyl sites for hydroxylation is 2. The number of amides is 1. The molecule has 0 saturated carbocycles. The van der Waals surface area contributed by atoms with Gasteiger partial charge in [-0.05, 0) is 68.1 Å². The maximum absolute atomic E-state index is 12.3. The Labute approximate surface area is 156 Å². The van der Waals surface area contributed by atoms with Crippen LogP contribution >= 0.6 is 0 Å². The Kier molecular flexibility index (Phi) is 7.07. The lowest BCUT2D eigenvalue weighted by molar-refractivity contribution is 0.0949. The predicted molar refractivity (Wildman–Crippen MR) is 105 cm³/mol. The minimum absolute atomic E-state index is 0.0746. The highest BCUT2D eigenvalue weighted by atomic mass is 16.5. The molecule has 0 atom stereocenters. The van der Waals surface area contributed by atoms with Crippen molar-refractivity contribution in [2.45, 2.75) is 41.2 Å². The van der Waals surface area contributed by atoms with Crippen LogP contribution in [0.25, 0.3) is 0 Å². The smallest absolute Gasteiger partial charge is 0.251 e. The van der Waals surface area contributed by atoms with E-state index in [0.717, 1.165) is 28.2 Å². The van der Waals surface area contributed by atoms with Crippen molar-refractivity contribution in [3.05, 3.63) is 58.7 Å². The molecule has 2 aromatic carbocycles. The van der Waals surface area contributed by atoms with E-state index in [4.69, 9.17) is 9.47 Å². The second kappa shape index (κ2) is 9.27. The summed E-state index contributed by atoms with van der Waals surface area (Å²) in [7, 11) is 0. The maximum Gasteiger partial charge on any atom is 0.251 e. The molecule has 0 aliphatic rings. The summed E-state index contributed by atoms with van der Waals surface area (Å²) in [6, 6.07) is 11.6. The largest absolute Gasteiger partial charge is 0.493 e. The summed E-state index contributed by atoms with van der Waals surface area (Å²) < 4.78 is 11.7. The van der Waals surface area contributed by atoms with Crippen LogP contribution in [0.4, 0.5) is 0 Å². The van der Waals surface area contributed by atoms with Gasteiger partial charge in [-0.25, -0.2) is 0 Å². The van der Waals surface area contributed by atoms with Gasteiger partial charge in [0.05, 0.1) is 6.61 Å². The molecule has 0 aliphatic heterocycles. The average Bonchev–Trinajstić information content (AvgIpc) is 2.58. The van der Waals surface area contributed by atoms with Crippen LogP contribution in [0, 0.1) is 19.8 Å². The van der Waals surface area contributed by atoms with Crippen LogP contribution in [0.5, 0.6) is 11.5 Å². The molecule has 1 amide bonds. The standard InChI is InChI=1S/C22H29NO3/c1-6-25-21-8-7-18(22(24)23-13-15(2)3)12-19(21)14-26-20-10-16(4)9-17(5)11-20/h7-12,15H,6,13-14H2,1-5H3,(H,23,24). The average molecular weight is 355 g/mol. The van der Waals surface area contributed by atoms with Crippen LogP contribution in [-0.2, 0) is 6.61 Å². The first-order chi connectivity index (χ1) is 12.4. The van der Waals surface area contributed by atoms with Crippen molar-refractivity contribution in [1.82, 2.24) is 5.32 Å². The molecule has 0 heterocycles. The minimum atomic E-state index is -0.0746. The quantitative estimate of drug-likeness (QED) is 0.749. The molecule has 0 bridgehead atoms. The third-order valence-corrected chi connectivity index (χ3v) is 3.88. The normalized spacial score (nSPS) is 10.7. The molecular weight excluding hydrogens is 326 g/mol. The Morgan fingerprint density at radius 2 is 1.73 bits per heavy atom. The van der Waals surface area contributed by atoms with Gasteiger partial charge in [0.1, 0.15) is 18.1 Å². The zero-order valence-corrected chi connectivity index (χ0v) is 16.4. The molecule has 0 spiro atoms. The van der Waals surface area contributed by atoms with E-state index >= 15 is 0 Å². The van der Waals surface area contributed by atoms with E-state index in [0.29, 0.717) is 31.2 Å². The highest BCUT2D eigenvalue weighted by molar-refractivity contribution is 5.94. The van der Waals surface area contributed by atoms with Gasteiger partial charge in [-0.2, -0.15) is 0 Å². The van der Waals surface area contributed by atoms with Crippen molar-refractivity contribution >= 4 is 5.91 Å². The lowest BCUT2D eigenvalue weighted by Gasteiger charge is -2.14. The van der Waals surface area contributed by atoms with E-state index in [9.17, 15) is 4.79 Å². The van der Waals surface area contributed by atoms with E-state index in [1.165, 1.54) is 0 Å². The number of benzene rings is 2. The lowest BCUT2D eigenvalue weighted by Crippen LogP contribution is -2.27. The highest BCUT2D eigenvalue weighted by Gasteiger charge is 2.12. The first-order valence-electron chi connectivity index (χ1n) is 9.14. The molecule has 0 aromatic heterocycles. The molecule has 4 nitrogen and oxygen atoms in total. The Hall–Kier alpha value is -2.49. The summed E-state index contributed by atoms with van der Waals surface area (Å²) in [6.45, 7) is 11.7. The number of hydrogen-bond acceptors (Lipinski definition) is 3. The Morgan fingerprint density at radius 1 is 1.04 bits per heavy atom. The minimum Gasteiger partial charge on any atom is -0.493 e. The van der Waals surface area contributed by atoms with Gasteiger partial charge < -0.3 is 14.8 Å². The first kappa shape index (κ1) is 19.8. The van der Waals surface area contributed by atoms with Crippen LogP contribution in [0.2, 0.25) is 0 Å². The number of carbonyl (C=O) groups excluding carboxylic acids is 1. The van der Waals surface area contributed by atoms with E-state index in [1.807, 2.05) is 45.0 Å². The van der Waals surface area contributed by atoms with Crippen molar-refractivity contribution in [2.75, 3.05) is 13.2 Å². The van der Waals surface area contributed by atoms with Gasteiger partial charge >= 0.3 is 0 Å². The SMILES string of the molecule is CCOc1ccc(C(=O)NCC(C)C)cc1COc1cc(C)cc(C)c1. The molecular formula is C22H29NO3. The van der Waals surface area contributed by atoms with Crippen LogP contribution in [0.15, 0.2) is 36.4 Å². The highest BCUT2D eigenvalue weighted by Crippen LogP contribution is 2.24. The maximum atomic E-state index is 12.3. The van der Waals surface area contributed by atoms with E-state index < -0.39 is 0 Å². The fourth-order valence-electron chi connectivity index (χ4n) is 2.71. The molecule has 0 fully saturated rings. The van der Waals surface area contributed by atoms with Crippen LogP contribution in [0.3, 0.4) is 0 Å². The molecule has 140 valence electrons. The van der Waals surface area contributed by atoms with Gasteiger partial charge in [0.15, 0.2) is 0 Å². The second-order valence-corrected chi connectivity index (χ2v) is 6.97. The molecule has 1 N–H and O–H groups in total.